The molecule has 1 aromatic carbocycles. The molecular weight excluding hydrogens is 286 g/mol. The van der Waals surface area contributed by atoms with Crippen LogP contribution in [-0.2, 0) is 14.3 Å². The Morgan fingerprint density at radius 1 is 1.18 bits per heavy atom. The van der Waals surface area contributed by atoms with E-state index in [2.05, 4.69) is 0 Å². The van der Waals surface area contributed by atoms with E-state index in [1.807, 2.05) is 6.92 Å². The zero-order valence-electron chi connectivity index (χ0n) is 12.7. The highest BCUT2D eigenvalue weighted by Crippen LogP contribution is 2.25. The van der Waals surface area contributed by atoms with Crippen molar-refractivity contribution in [3.05, 3.63) is 34.9 Å². The molecule has 2 amide bonds. The summed E-state index contributed by atoms with van der Waals surface area (Å²) in [5.41, 5.74) is 1.45. The molecule has 116 valence electrons. The van der Waals surface area contributed by atoms with Gasteiger partial charge in [0.2, 0.25) is 0 Å². The van der Waals surface area contributed by atoms with E-state index in [1.54, 1.807) is 25.1 Å². The minimum Gasteiger partial charge on any atom is -0.465 e. The number of fused-ring (bicyclic) bond motifs is 1. The highest BCUT2D eigenvalue weighted by atomic mass is 16.5. The average molecular weight is 303 g/mol. The van der Waals surface area contributed by atoms with Crippen molar-refractivity contribution in [3.8, 4) is 0 Å². The summed E-state index contributed by atoms with van der Waals surface area (Å²) in [7, 11) is 0. The Morgan fingerprint density at radius 3 is 2.41 bits per heavy atom. The number of imide groups is 1. The number of amides is 2. The quantitative estimate of drug-likeness (QED) is 0.466. The van der Waals surface area contributed by atoms with Gasteiger partial charge < -0.3 is 4.74 Å². The minimum absolute atomic E-state index is 0.129. The molecule has 6 heteroatoms. The second-order valence-electron chi connectivity index (χ2n) is 5.19. The van der Waals surface area contributed by atoms with Crippen molar-refractivity contribution < 1.29 is 23.9 Å². The van der Waals surface area contributed by atoms with Crippen LogP contribution in [-0.4, -0.2) is 41.6 Å². The minimum atomic E-state index is -1.15. The molecule has 22 heavy (non-hydrogen) atoms. The van der Waals surface area contributed by atoms with Gasteiger partial charge in [-0.3, -0.25) is 24.1 Å². The number of hydrogen-bond acceptors (Lipinski definition) is 5. The van der Waals surface area contributed by atoms with Gasteiger partial charge in [-0.15, -0.1) is 0 Å². The van der Waals surface area contributed by atoms with Gasteiger partial charge in [0.25, 0.3) is 11.8 Å². The smallest absolute Gasteiger partial charge is 0.318 e. The van der Waals surface area contributed by atoms with E-state index in [1.165, 1.54) is 6.92 Å². The molecule has 0 aliphatic carbocycles. The maximum Gasteiger partial charge on any atom is 0.318 e. The Bertz CT molecular complexity index is 665. The zero-order chi connectivity index (χ0) is 16.4. The standard InChI is InChI=1S/C16H17NO5/c1-4-22-16(21)13(10(3)18)8-17-14(19)11-6-5-9(2)7-12(11)15(17)20/h5-7,13H,4,8H2,1-3H3. The summed E-state index contributed by atoms with van der Waals surface area (Å²) in [6.45, 7) is 4.52. The molecular formula is C16H17NO5. The van der Waals surface area contributed by atoms with Crippen molar-refractivity contribution in [2.45, 2.75) is 20.8 Å². The number of hydrogen-bond donors (Lipinski definition) is 0. The molecule has 1 unspecified atom stereocenters. The number of carbonyl (C=O) groups excluding carboxylic acids is 4. The van der Waals surface area contributed by atoms with Crippen molar-refractivity contribution in [2.24, 2.45) is 5.92 Å². The van der Waals surface area contributed by atoms with E-state index in [4.69, 9.17) is 4.74 Å². The number of aryl methyl sites for hydroxylation is 1. The first-order valence-corrected chi connectivity index (χ1v) is 7.00. The van der Waals surface area contributed by atoms with Gasteiger partial charge >= 0.3 is 5.97 Å². The topological polar surface area (TPSA) is 80.8 Å². The lowest BCUT2D eigenvalue weighted by molar-refractivity contribution is -0.151. The van der Waals surface area contributed by atoms with Crippen LogP contribution in [0, 0.1) is 12.8 Å². The molecule has 0 radical (unpaired) electrons. The fraction of sp³-hybridized carbons (Fsp3) is 0.375. The van der Waals surface area contributed by atoms with E-state index in [0.29, 0.717) is 11.1 Å². The SMILES string of the molecule is CCOC(=O)C(CN1C(=O)c2ccc(C)cc2C1=O)C(C)=O. The van der Waals surface area contributed by atoms with Gasteiger partial charge in [-0.2, -0.15) is 0 Å². The lowest BCUT2D eigenvalue weighted by atomic mass is 10.1. The number of Topliss-reactive ketones (excluding diaryl/α,β-unsaturated/α-hetero) is 1. The van der Waals surface area contributed by atoms with E-state index < -0.39 is 29.5 Å². The molecule has 0 N–H and O–H groups in total. The van der Waals surface area contributed by atoms with Crippen molar-refractivity contribution in [3.63, 3.8) is 0 Å². The van der Waals surface area contributed by atoms with Crippen molar-refractivity contribution in [1.82, 2.24) is 4.90 Å². The third kappa shape index (κ3) is 2.77. The van der Waals surface area contributed by atoms with Gasteiger partial charge in [0, 0.05) is 6.54 Å². The first-order valence-electron chi connectivity index (χ1n) is 7.00. The molecule has 0 fully saturated rings. The lowest BCUT2D eigenvalue weighted by Gasteiger charge is -2.19. The van der Waals surface area contributed by atoms with Crippen LogP contribution < -0.4 is 0 Å². The number of rotatable bonds is 5. The molecule has 6 nitrogen and oxygen atoms in total. The molecule has 1 heterocycles. The Hall–Kier alpha value is -2.50. The second kappa shape index (κ2) is 6.09. The molecule has 1 aliphatic rings. The summed E-state index contributed by atoms with van der Waals surface area (Å²) in [6.07, 6.45) is 0. The number of esters is 1. The van der Waals surface area contributed by atoms with Crippen LogP contribution in [0.5, 0.6) is 0 Å². The zero-order valence-corrected chi connectivity index (χ0v) is 12.7. The van der Waals surface area contributed by atoms with Gasteiger partial charge in [0.15, 0.2) is 0 Å². The Morgan fingerprint density at radius 2 is 1.82 bits per heavy atom. The number of nitrogens with zero attached hydrogens (tertiary/aromatic N) is 1. The maximum absolute atomic E-state index is 12.3. The molecule has 0 saturated heterocycles. The fourth-order valence-electron chi connectivity index (χ4n) is 2.36. The van der Waals surface area contributed by atoms with E-state index in [9.17, 15) is 19.2 Å². The largest absolute Gasteiger partial charge is 0.465 e. The van der Waals surface area contributed by atoms with Gasteiger partial charge in [0.1, 0.15) is 11.7 Å². The van der Waals surface area contributed by atoms with Crippen LogP contribution in [0.1, 0.15) is 40.1 Å². The van der Waals surface area contributed by atoms with E-state index >= 15 is 0 Å². The summed E-state index contributed by atoms with van der Waals surface area (Å²) >= 11 is 0. The average Bonchev–Trinajstić information content (AvgIpc) is 2.68. The van der Waals surface area contributed by atoms with Crippen LogP contribution in [0.4, 0.5) is 0 Å². The Balaban J connectivity index is 2.27. The molecule has 1 aromatic rings. The van der Waals surface area contributed by atoms with Crippen molar-refractivity contribution in [1.29, 1.82) is 0 Å². The normalized spacial score (nSPS) is 14.8. The number of carbonyl (C=O) groups is 4. The summed E-state index contributed by atoms with van der Waals surface area (Å²) in [5.74, 6) is -3.29. The Kier molecular flexibility index (Phi) is 4.40. The molecule has 0 aromatic heterocycles. The molecule has 1 aliphatic heterocycles. The molecule has 0 spiro atoms. The summed E-state index contributed by atoms with van der Waals surface area (Å²) in [5, 5.41) is 0. The molecule has 0 saturated carbocycles. The summed E-state index contributed by atoms with van der Waals surface area (Å²) in [4.78, 5) is 49.0. The van der Waals surface area contributed by atoms with Gasteiger partial charge in [-0.05, 0) is 32.9 Å². The lowest BCUT2D eigenvalue weighted by Crippen LogP contribution is -2.40. The predicted octanol–water partition coefficient (Wildman–Crippen LogP) is 1.36. The summed E-state index contributed by atoms with van der Waals surface area (Å²) < 4.78 is 4.83. The van der Waals surface area contributed by atoms with Crippen LogP contribution in [0.3, 0.4) is 0 Å². The monoisotopic (exact) mass is 303 g/mol. The van der Waals surface area contributed by atoms with Crippen LogP contribution in [0.25, 0.3) is 0 Å². The van der Waals surface area contributed by atoms with Crippen LogP contribution in [0.15, 0.2) is 18.2 Å². The van der Waals surface area contributed by atoms with Crippen LogP contribution in [0.2, 0.25) is 0 Å². The predicted molar refractivity (Wildman–Crippen MR) is 77.4 cm³/mol. The number of ether oxygens (including phenoxy) is 1. The number of benzene rings is 1. The first kappa shape index (κ1) is 15.9. The third-order valence-corrected chi connectivity index (χ3v) is 3.55. The fourth-order valence-corrected chi connectivity index (χ4v) is 2.36. The number of ketones is 1. The molecule has 0 bridgehead atoms. The van der Waals surface area contributed by atoms with Crippen molar-refractivity contribution >= 4 is 23.6 Å². The maximum atomic E-state index is 12.3. The molecule has 1 atom stereocenters. The van der Waals surface area contributed by atoms with Gasteiger partial charge in [-0.25, -0.2) is 0 Å². The van der Waals surface area contributed by atoms with Crippen LogP contribution >= 0.6 is 0 Å². The second-order valence-corrected chi connectivity index (χ2v) is 5.19. The van der Waals surface area contributed by atoms with Gasteiger partial charge in [0.05, 0.1) is 17.7 Å². The Labute approximate surface area is 128 Å². The van der Waals surface area contributed by atoms with E-state index in [0.717, 1.165) is 10.5 Å². The third-order valence-electron chi connectivity index (χ3n) is 3.55. The van der Waals surface area contributed by atoms with Crippen molar-refractivity contribution in [2.75, 3.05) is 13.2 Å². The highest BCUT2D eigenvalue weighted by molar-refractivity contribution is 6.21. The first-order chi connectivity index (χ1) is 10.4. The van der Waals surface area contributed by atoms with Gasteiger partial charge in [-0.1, -0.05) is 11.6 Å². The highest BCUT2D eigenvalue weighted by Gasteiger charge is 2.39. The summed E-state index contributed by atoms with van der Waals surface area (Å²) in [6, 6.07) is 4.95. The molecule has 2 rings (SSSR count). The van der Waals surface area contributed by atoms with E-state index in [-0.39, 0.29) is 13.2 Å².